The summed E-state index contributed by atoms with van der Waals surface area (Å²) in [5.41, 5.74) is 1.36. The van der Waals surface area contributed by atoms with Crippen molar-refractivity contribution in [3.8, 4) is 0 Å². The lowest BCUT2D eigenvalue weighted by molar-refractivity contribution is 0.118. The zero-order valence-corrected chi connectivity index (χ0v) is 13.1. The van der Waals surface area contributed by atoms with Gasteiger partial charge in [-0.05, 0) is 39.1 Å². The van der Waals surface area contributed by atoms with Gasteiger partial charge in [-0.1, -0.05) is 29.8 Å². The van der Waals surface area contributed by atoms with E-state index in [1.807, 2.05) is 38.1 Å². The second kappa shape index (κ2) is 5.97. The minimum atomic E-state index is -0.960. The first-order chi connectivity index (χ1) is 8.27. The van der Waals surface area contributed by atoms with Gasteiger partial charge in [0.25, 0.3) is 0 Å². The Bertz CT molecular complexity index is 481. The normalized spacial score (nSPS) is 13.9. The van der Waals surface area contributed by atoms with Gasteiger partial charge in [-0.2, -0.15) is 0 Å². The molecule has 0 radical (unpaired) electrons. The molecule has 0 aliphatic carbocycles. The van der Waals surface area contributed by atoms with Gasteiger partial charge in [0.1, 0.15) is 5.60 Å². The summed E-state index contributed by atoms with van der Waals surface area (Å²) in [6, 6.07) is 5.70. The molecule has 1 aromatic rings. The van der Waals surface area contributed by atoms with E-state index in [4.69, 9.17) is 11.6 Å². The second-order valence-corrected chi connectivity index (χ2v) is 5.66. The minimum Gasteiger partial charge on any atom is -0.384 e. The number of hydrogen-bond acceptors (Lipinski definition) is 2. The van der Waals surface area contributed by atoms with Crippen molar-refractivity contribution in [3.05, 3.63) is 40.6 Å². The molecule has 1 rings (SSSR count). The predicted octanol–water partition coefficient (Wildman–Crippen LogP) is 3.32. The standard InChI is InChI=1S/C14H19ClNOP/c1-5-12(14(3,4)17)16-9(2)13-10(15)7-6-8-11(13)18/h5-8,17H,18H2,1-4H3/b12-5-,16-9?. The molecule has 0 bridgehead atoms. The molecule has 0 aliphatic heterocycles. The number of hydrogen-bond donors (Lipinski definition) is 1. The summed E-state index contributed by atoms with van der Waals surface area (Å²) in [4.78, 5) is 4.49. The van der Waals surface area contributed by atoms with Crippen LogP contribution in [-0.2, 0) is 0 Å². The zero-order chi connectivity index (χ0) is 13.9. The Hall–Kier alpha value is -0.690. The van der Waals surface area contributed by atoms with Crippen LogP contribution in [0.4, 0.5) is 0 Å². The molecular weight excluding hydrogens is 265 g/mol. The van der Waals surface area contributed by atoms with Gasteiger partial charge < -0.3 is 5.11 Å². The first-order valence-corrected chi connectivity index (χ1v) is 6.71. The summed E-state index contributed by atoms with van der Waals surface area (Å²) in [6.07, 6.45) is 1.81. The number of aliphatic hydroxyl groups is 1. The maximum absolute atomic E-state index is 10.00. The molecule has 0 heterocycles. The Morgan fingerprint density at radius 2 is 2.06 bits per heavy atom. The molecule has 0 spiro atoms. The molecule has 1 unspecified atom stereocenters. The topological polar surface area (TPSA) is 32.6 Å². The first kappa shape index (κ1) is 15.4. The molecule has 0 aromatic heterocycles. The highest BCUT2D eigenvalue weighted by Gasteiger charge is 2.19. The van der Waals surface area contributed by atoms with Crippen molar-refractivity contribution in [1.82, 2.24) is 0 Å². The van der Waals surface area contributed by atoms with Crippen LogP contribution in [0, 0.1) is 0 Å². The summed E-state index contributed by atoms with van der Waals surface area (Å²) in [6.45, 7) is 7.18. The summed E-state index contributed by atoms with van der Waals surface area (Å²) >= 11 is 6.19. The number of halogens is 1. The molecular formula is C14H19ClNOP. The van der Waals surface area contributed by atoms with Gasteiger partial charge in [-0.15, -0.1) is 9.24 Å². The van der Waals surface area contributed by atoms with Gasteiger partial charge in [0.15, 0.2) is 0 Å². The Kier molecular flexibility index (Phi) is 5.10. The molecule has 1 atom stereocenters. The molecule has 0 aliphatic rings. The summed E-state index contributed by atoms with van der Waals surface area (Å²) in [7, 11) is 2.65. The van der Waals surface area contributed by atoms with E-state index in [1.54, 1.807) is 13.8 Å². The van der Waals surface area contributed by atoms with E-state index in [0.717, 1.165) is 16.6 Å². The van der Waals surface area contributed by atoms with Gasteiger partial charge in [0, 0.05) is 11.3 Å². The molecule has 4 heteroatoms. The molecule has 0 saturated carbocycles. The lowest BCUT2D eigenvalue weighted by Gasteiger charge is -2.19. The highest BCUT2D eigenvalue weighted by Crippen LogP contribution is 2.21. The quantitative estimate of drug-likeness (QED) is 0.670. The van der Waals surface area contributed by atoms with E-state index in [0.29, 0.717) is 10.7 Å². The highest BCUT2D eigenvalue weighted by atomic mass is 35.5. The number of aliphatic imine (C=N–C) groups is 1. The fourth-order valence-corrected chi connectivity index (χ4v) is 2.60. The van der Waals surface area contributed by atoms with Crippen LogP contribution >= 0.6 is 20.8 Å². The number of benzene rings is 1. The van der Waals surface area contributed by atoms with Crippen molar-refractivity contribution in [2.75, 3.05) is 0 Å². The molecule has 98 valence electrons. The first-order valence-electron chi connectivity index (χ1n) is 5.76. The van der Waals surface area contributed by atoms with E-state index >= 15 is 0 Å². The molecule has 2 nitrogen and oxygen atoms in total. The van der Waals surface area contributed by atoms with Gasteiger partial charge in [0.2, 0.25) is 0 Å². The predicted molar refractivity (Wildman–Crippen MR) is 83.1 cm³/mol. The second-order valence-electron chi connectivity index (χ2n) is 4.63. The highest BCUT2D eigenvalue weighted by molar-refractivity contribution is 7.27. The van der Waals surface area contributed by atoms with E-state index < -0.39 is 5.60 Å². The number of nitrogens with zero attached hydrogens (tertiary/aromatic N) is 1. The van der Waals surface area contributed by atoms with E-state index in [-0.39, 0.29) is 0 Å². The number of rotatable bonds is 3. The monoisotopic (exact) mass is 283 g/mol. The summed E-state index contributed by atoms with van der Waals surface area (Å²) in [5, 5.41) is 11.7. The third-order valence-corrected chi connectivity index (χ3v) is 3.39. The van der Waals surface area contributed by atoms with Gasteiger partial charge in [-0.25, -0.2) is 0 Å². The molecule has 0 fully saturated rings. The van der Waals surface area contributed by atoms with Crippen molar-refractivity contribution in [3.63, 3.8) is 0 Å². The van der Waals surface area contributed by atoms with Crippen molar-refractivity contribution >= 4 is 31.9 Å². The van der Waals surface area contributed by atoms with Crippen LogP contribution in [0.2, 0.25) is 5.02 Å². The molecule has 1 N–H and O–H groups in total. The van der Waals surface area contributed by atoms with Crippen LogP contribution in [0.25, 0.3) is 0 Å². The van der Waals surface area contributed by atoms with Crippen molar-refractivity contribution in [2.45, 2.75) is 33.3 Å². The molecule has 18 heavy (non-hydrogen) atoms. The smallest absolute Gasteiger partial charge is 0.101 e. The van der Waals surface area contributed by atoms with E-state index in [2.05, 4.69) is 14.2 Å². The Morgan fingerprint density at radius 1 is 1.44 bits per heavy atom. The van der Waals surface area contributed by atoms with Gasteiger partial charge in [-0.3, -0.25) is 4.99 Å². The molecule has 0 saturated heterocycles. The summed E-state index contributed by atoms with van der Waals surface area (Å²) in [5.74, 6) is 0. The Morgan fingerprint density at radius 3 is 2.50 bits per heavy atom. The maximum atomic E-state index is 10.00. The maximum Gasteiger partial charge on any atom is 0.101 e. The SMILES string of the molecule is C/C=C(\N=C(C)c1c(P)cccc1Cl)C(C)(C)O. The van der Waals surface area contributed by atoms with E-state index in [9.17, 15) is 5.11 Å². The van der Waals surface area contributed by atoms with Gasteiger partial charge in [0.05, 0.1) is 10.7 Å². The van der Waals surface area contributed by atoms with E-state index in [1.165, 1.54) is 0 Å². The average molecular weight is 284 g/mol. The van der Waals surface area contributed by atoms with Crippen LogP contribution in [0.5, 0.6) is 0 Å². The van der Waals surface area contributed by atoms with Crippen LogP contribution in [0.15, 0.2) is 35.0 Å². The van der Waals surface area contributed by atoms with Crippen LogP contribution < -0.4 is 5.30 Å². The van der Waals surface area contributed by atoms with Gasteiger partial charge >= 0.3 is 0 Å². The largest absolute Gasteiger partial charge is 0.384 e. The Labute approximate surface area is 116 Å². The fraction of sp³-hybridized carbons (Fsp3) is 0.357. The van der Waals surface area contributed by atoms with Crippen molar-refractivity contribution in [2.24, 2.45) is 4.99 Å². The van der Waals surface area contributed by atoms with Crippen molar-refractivity contribution in [1.29, 1.82) is 0 Å². The lowest BCUT2D eigenvalue weighted by Crippen LogP contribution is -2.22. The molecule has 0 amide bonds. The van der Waals surface area contributed by atoms with Crippen LogP contribution in [0.1, 0.15) is 33.3 Å². The number of allylic oxidation sites excluding steroid dienone is 1. The Balaban J connectivity index is 3.26. The zero-order valence-electron chi connectivity index (χ0n) is 11.2. The average Bonchev–Trinajstić information content (AvgIpc) is 2.24. The van der Waals surface area contributed by atoms with Crippen LogP contribution in [-0.4, -0.2) is 16.4 Å². The molecule has 1 aromatic carbocycles. The summed E-state index contributed by atoms with van der Waals surface area (Å²) < 4.78 is 0. The fourth-order valence-electron chi connectivity index (χ4n) is 1.71. The third-order valence-electron chi connectivity index (χ3n) is 2.60. The van der Waals surface area contributed by atoms with Crippen LogP contribution in [0.3, 0.4) is 0 Å². The third kappa shape index (κ3) is 3.65. The lowest BCUT2D eigenvalue weighted by atomic mass is 10.0. The van der Waals surface area contributed by atoms with Crippen molar-refractivity contribution < 1.29 is 5.11 Å². The minimum absolute atomic E-state index is 0.629.